The Morgan fingerprint density at radius 2 is 1.82 bits per heavy atom. The minimum Gasteiger partial charge on any atom is -0.483 e. The molecule has 0 aromatic heterocycles. The Labute approximate surface area is 214 Å². The van der Waals surface area contributed by atoms with Crippen LogP contribution in [0.15, 0.2) is 40.9 Å². The topological polar surface area (TPSA) is 58.6 Å². The molecule has 8 heteroatoms. The van der Waals surface area contributed by atoms with Crippen LogP contribution in [0, 0.1) is 0 Å². The third-order valence-corrected chi connectivity index (χ3v) is 6.20. The van der Waals surface area contributed by atoms with Crippen molar-refractivity contribution in [2.75, 3.05) is 6.61 Å². The van der Waals surface area contributed by atoms with Gasteiger partial charge in [0.05, 0.1) is 4.47 Å². The van der Waals surface area contributed by atoms with Gasteiger partial charge in [0.2, 0.25) is 5.91 Å². The number of nitrogens with zero attached hydrogens (tertiary/aromatic N) is 1. The minimum absolute atomic E-state index is 0.157. The third-order valence-electron chi connectivity index (χ3n) is 5.00. The molecule has 2 aromatic rings. The highest BCUT2D eigenvalue weighted by molar-refractivity contribution is 9.10. The number of benzene rings is 2. The second kappa shape index (κ2) is 12.1. The van der Waals surface area contributed by atoms with Crippen LogP contribution in [0.3, 0.4) is 0 Å². The molecule has 5 nitrogen and oxygen atoms in total. The molecule has 0 saturated heterocycles. The first kappa shape index (κ1) is 27.5. The fourth-order valence-corrected chi connectivity index (χ4v) is 4.32. The van der Waals surface area contributed by atoms with Gasteiger partial charge < -0.3 is 15.0 Å². The lowest BCUT2D eigenvalue weighted by Gasteiger charge is -2.33. The lowest BCUT2D eigenvalue weighted by Crippen LogP contribution is -2.54. The molecule has 33 heavy (non-hydrogen) atoms. The summed E-state index contributed by atoms with van der Waals surface area (Å²) in [7, 11) is 0. The molecule has 1 unspecified atom stereocenters. The highest BCUT2D eigenvalue weighted by atomic mass is 79.9. The molecule has 0 fully saturated rings. The van der Waals surface area contributed by atoms with Crippen molar-refractivity contribution in [3.05, 3.63) is 62.0 Å². The largest absolute Gasteiger partial charge is 0.483 e. The number of aryl methyl sites for hydroxylation is 1. The van der Waals surface area contributed by atoms with Crippen LogP contribution in [-0.2, 0) is 22.6 Å². The number of nitrogens with one attached hydrogen (secondary N) is 1. The van der Waals surface area contributed by atoms with Crippen molar-refractivity contribution >= 4 is 50.9 Å². The van der Waals surface area contributed by atoms with Crippen LogP contribution in [0.4, 0.5) is 0 Å². The second-order valence-electron chi connectivity index (χ2n) is 8.83. The monoisotopic (exact) mass is 556 g/mol. The Morgan fingerprint density at radius 3 is 2.36 bits per heavy atom. The summed E-state index contributed by atoms with van der Waals surface area (Å²) in [5.74, 6) is 0.0255. The number of rotatable bonds is 9. The number of amides is 2. The number of hydrogen-bond donors (Lipinski definition) is 1. The second-order valence-corrected chi connectivity index (χ2v) is 10.5. The molecule has 0 aliphatic heterocycles. The number of halogens is 3. The molecular weight excluding hydrogens is 527 g/mol. The van der Waals surface area contributed by atoms with Crippen molar-refractivity contribution in [2.24, 2.45) is 0 Å². The number of carbonyl (C=O) groups is 2. The normalized spacial score (nSPS) is 12.2. The summed E-state index contributed by atoms with van der Waals surface area (Å²) in [5.41, 5.74) is 1.42. The van der Waals surface area contributed by atoms with Crippen molar-refractivity contribution < 1.29 is 14.3 Å². The Morgan fingerprint density at radius 1 is 1.12 bits per heavy atom. The SMILES string of the molecule is CCc1ccc(OCC(=O)N(Cc2ccc(Cl)cc2Cl)C(CC)C(=O)NC(C)(C)C)c(Br)c1. The zero-order valence-electron chi connectivity index (χ0n) is 19.7. The predicted octanol–water partition coefficient (Wildman–Crippen LogP) is 6.42. The summed E-state index contributed by atoms with van der Waals surface area (Å²) < 4.78 is 6.59. The minimum atomic E-state index is -0.682. The van der Waals surface area contributed by atoms with E-state index < -0.39 is 11.6 Å². The molecule has 0 radical (unpaired) electrons. The maximum atomic E-state index is 13.3. The van der Waals surface area contributed by atoms with Gasteiger partial charge in [-0.05, 0) is 84.9 Å². The first-order chi connectivity index (χ1) is 15.4. The molecule has 0 saturated carbocycles. The molecule has 2 aromatic carbocycles. The molecule has 1 N–H and O–H groups in total. The smallest absolute Gasteiger partial charge is 0.261 e. The quantitative estimate of drug-likeness (QED) is 0.387. The lowest BCUT2D eigenvalue weighted by molar-refractivity contribution is -0.143. The Hall–Kier alpha value is -1.76. The van der Waals surface area contributed by atoms with Gasteiger partial charge in [-0.3, -0.25) is 9.59 Å². The number of ether oxygens (including phenoxy) is 1. The summed E-state index contributed by atoms with van der Waals surface area (Å²) in [6.45, 7) is 9.59. The van der Waals surface area contributed by atoms with Crippen molar-refractivity contribution in [1.82, 2.24) is 10.2 Å². The van der Waals surface area contributed by atoms with E-state index in [0.29, 0.717) is 27.8 Å². The first-order valence-corrected chi connectivity index (χ1v) is 12.5. The molecule has 180 valence electrons. The molecule has 0 aliphatic rings. The Balaban J connectivity index is 2.29. The third kappa shape index (κ3) is 8.20. The number of carbonyl (C=O) groups excluding carboxylic acids is 2. The van der Waals surface area contributed by atoms with E-state index in [1.54, 1.807) is 18.2 Å². The van der Waals surface area contributed by atoms with Crippen molar-refractivity contribution in [2.45, 2.75) is 65.6 Å². The summed E-state index contributed by atoms with van der Waals surface area (Å²) in [4.78, 5) is 27.9. The van der Waals surface area contributed by atoms with Gasteiger partial charge in [0, 0.05) is 22.1 Å². The summed E-state index contributed by atoms with van der Waals surface area (Å²) in [5, 5.41) is 3.91. The van der Waals surface area contributed by atoms with Crippen LogP contribution in [0.25, 0.3) is 0 Å². The molecule has 0 aliphatic carbocycles. The van der Waals surface area contributed by atoms with Gasteiger partial charge >= 0.3 is 0 Å². The summed E-state index contributed by atoms with van der Waals surface area (Å²) in [6.07, 6.45) is 1.34. The van der Waals surface area contributed by atoms with Crippen molar-refractivity contribution in [3.63, 3.8) is 0 Å². The van der Waals surface area contributed by atoms with Crippen molar-refractivity contribution in [1.29, 1.82) is 0 Å². The van der Waals surface area contributed by atoms with Gasteiger partial charge in [-0.25, -0.2) is 0 Å². The van der Waals surface area contributed by atoms with Gasteiger partial charge in [-0.1, -0.05) is 49.2 Å². The maximum Gasteiger partial charge on any atom is 0.261 e. The standard InChI is InChI=1S/C25H31BrCl2N2O3/c1-6-16-8-11-22(19(26)12-16)33-15-23(31)30(14-17-9-10-18(27)13-20(17)28)21(7-2)24(32)29-25(3,4)5/h8-13,21H,6-7,14-15H2,1-5H3,(H,29,32). The molecular formula is C25H31BrCl2N2O3. The van der Waals surface area contributed by atoms with Crippen LogP contribution in [0.5, 0.6) is 5.75 Å². The average molecular weight is 558 g/mol. The van der Waals surface area contributed by atoms with Crippen LogP contribution < -0.4 is 10.1 Å². The molecule has 2 rings (SSSR count). The molecule has 0 bridgehead atoms. The van der Waals surface area contributed by atoms with E-state index in [2.05, 4.69) is 28.2 Å². The van der Waals surface area contributed by atoms with Crippen LogP contribution in [0.1, 0.15) is 52.2 Å². The molecule has 2 amide bonds. The van der Waals surface area contributed by atoms with E-state index in [-0.39, 0.29) is 25.0 Å². The van der Waals surface area contributed by atoms with Gasteiger partial charge in [-0.15, -0.1) is 0 Å². The van der Waals surface area contributed by atoms with Gasteiger partial charge in [0.15, 0.2) is 6.61 Å². The van der Waals surface area contributed by atoms with Gasteiger partial charge in [0.1, 0.15) is 11.8 Å². The molecule has 1 atom stereocenters. The Bertz CT molecular complexity index is 992. The first-order valence-electron chi connectivity index (χ1n) is 10.9. The van der Waals surface area contributed by atoms with E-state index >= 15 is 0 Å². The molecule has 0 heterocycles. The highest BCUT2D eigenvalue weighted by Gasteiger charge is 2.31. The van der Waals surface area contributed by atoms with Gasteiger partial charge in [-0.2, -0.15) is 0 Å². The fourth-order valence-electron chi connectivity index (χ4n) is 3.31. The lowest BCUT2D eigenvalue weighted by atomic mass is 10.1. The zero-order valence-corrected chi connectivity index (χ0v) is 22.8. The van der Waals surface area contributed by atoms with E-state index in [0.717, 1.165) is 16.5 Å². The highest BCUT2D eigenvalue weighted by Crippen LogP contribution is 2.27. The fraction of sp³-hybridized carbons (Fsp3) is 0.440. The summed E-state index contributed by atoms with van der Waals surface area (Å²) in [6, 6.07) is 10.2. The predicted molar refractivity (Wildman–Crippen MR) is 138 cm³/mol. The van der Waals surface area contributed by atoms with E-state index in [1.165, 1.54) is 4.90 Å². The average Bonchev–Trinajstić information content (AvgIpc) is 2.72. The van der Waals surface area contributed by atoms with Crippen LogP contribution in [-0.4, -0.2) is 34.9 Å². The summed E-state index contributed by atoms with van der Waals surface area (Å²) >= 11 is 15.9. The van der Waals surface area contributed by atoms with Crippen LogP contribution in [0.2, 0.25) is 10.0 Å². The van der Waals surface area contributed by atoms with Crippen molar-refractivity contribution in [3.8, 4) is 5.75 Å². The maximum absolute atomic E-state index is 13.3. The number of hydrogen-bond acceptors (Lipinski definition) is 3. The van der Waals surface area contributed by atoms with E-state index in [4.69, 9.17) is 27.9 Å². The Kier molecular flexibility index (Phi) is 10.1. The zero-order chi connectivity index (χ0) is 24.8. The van der Waals surface area contributed by atoms with E-state index in [1.807, 2.05) is 45.9 Å². The molecule has 0 spiro atoms. The van der Waals surface area contributed by atoms with Gasteiger partial charge in [0.25, 0.3) is 5.91 Å². The van der Waals surface area contributed by atoms with E-state index in [9.17, 15) is 9.59 Å². The van der Waals surface area contributed by atoms with Crippen LogP contribution >= 0.6 is 39.1 Å².